The van der Waals surface area contributed by atoms with Crippen LogP contribution in [0.15, 0.2) is 47.4 Å². The Labute approximate surface area is 185 Å². The van der Waals surface area contributed by atoms with Crippen LogP contribution in [0, 0.1) is 6.92 Å². The van der Waals surface area contributed by atoms with E-state index >= 15 is 0 Å². The first-order valence-electron chi connectivity index (χ1n) is 10.0. The summed E-state index contributed by atoms with van der Waals surface area (Å²) >= 11 is 1.39. The molecule has 1 aliphatic rings. The van der Waals surface area contributed by atoms with Crippen LogP contribution in [0.5, 0.6) is 5.75 Å². The lowest BCUT2D eigenvalue weighted by atomic mass is 10.2. The summed E-state index contributed by atoms with van der Waals surface area (Å²) < 4.78 is 37.5. The minimum Gasteiger partial charge on any atom is -0.497 e. The Morgan fingerprint density at radius 1 is 1.26 bits per heavy atom. The monoisotopic (exact) mass is 460 g/mol. The summed E-state index contributed by atoms with van der Waals surface area (Å²) in [4.78, 5) is 19.4. The van der Waals surface area contributed by atoms with E-state index in [2.05, 4.69) is 4.98 Å². The van der Waals surface area contributed by atoms with Crippen molar-refractivity contribution in [2.75, 3.05) is 30.9 Å². The molecule has 164 valence electrons. The van der Waals surface area contributed by atoms with E-state index in [1.807, 2.05) is 25.1 Å². The van der Waals surface area contributed by atoms with E-state index < -0.39 is 21.5 Å². The summed E-state index contributed by atoms with van der Waals surface area (Å²) in [5.41, 5.74) is 1.88. The summed E-state index contributed by atoms with van der Waals surface area (Å²) in [5.74, 6) is -0.599. The first-order chi connectivity index (χ1) is 14.9. The maximum atomic E-state index is 13.2. The number of fused-ring (bicyclic) bond motifs is 1. The standard InChI is InChI=1S/C22H24N2O5S2/c1-15-5-10-19-20(12-15)30-22(23-19)24(13-17-4-3-11-29-17)21(25)14-31(26,27)18-8-6-16(28-2)7-9-18/h5-10,12,17H,3-4,11,13-14H2,1-2H3. The van der Waals surface area contributed by atoms with Gasteiger partial charge in [-0.25, -0.2) is 13.4 Å². The number of nitrogens with zero attached hydrogens (tertiary/aromatic N) is 2. The molecular weight excluding hydrogens is 436 g/mol. The van der Waals surface area contributed by atoms with Gasteiger partial charge in [0.2, 0.25) is 5.91 Å². The minimum absolute atomic E-state index is 0.0821. The van der Waals surface area contributed by atoms with Crippen LogP contribution in [0.3, 0.4) is 0 Å². The second kappa shape index (κ2) is 8.94. The van der Waals surface area contributed by atoms with E-state index in [9.17, 15) is 13.2 Å². The number of amides is 1. The maximum absolute atomic E-state index is 13.2. The average Bonchev–Trinajstić information content (AvgIpc) is 3.40. The zero-order valence-corrected chi connectivity index (χ0v) is 19.0. The lowest BCUT2D eigenvalue weighted by Gasteiger charge is -2.23. The van der Waals surface area contributed by atoms with Crippen molar-refractivity contribution in [2.45, 2.75) is 30.8 Å². The van der Waals surface area contributed by atoms with E-state index in [1.54, 1.807) is 12.1 Å². The fourth-order valence-electron chi connectivity index (χ4n) is 3.52. The van der Waals surface area contributed by atoms with Crippen LogP contribution in [-0.2, 0) is 19.4 Å². The van der Waals surface area contributed by atoms with Gasteiger partial charge in [-0.05, 0) is 61.7 Å². The molecule has 1 atom stereocenters. The summed E-state index contributed by atoms with van der Waals surface area (Å²) in [6.45, 7) is 2.93. The van der Waals surface area contributed by atoms with Gasteiger partial charge in [0.15, 0.2) is 15.0 Å². The molecule has 0 N–H and O–H groups in total. The predicted octanol–water partition coefficient (Wildman–Crippen LogP) is 3.60. The van der Waals surface area contributed by atoms with E-state index in [0.717, 1.165) is 28.6 Å². The molecule has 7 nitrogen and oxygen atoms in total. The van der Waals surface area contributed by atoms with Crippen molar-refractivity contribution in [3.05, 3.63) is 48.0 Å². The van der Waals surface area contributed by atoms with Gasteiger partial charge in [-0.1, -0.05) is 17.4 Å². The number of thiazole rings is 1. The van der Waals surface area contributed by atoms with Gasteiger partial charge in [0, 0.05) is 6.61 Å². The normalized spacial score (nSPS) is 16.5. The molecule has 0 bridgehead atoms. The number of ether oxygens (including phenoxy) is 2. The molecule has 3 aromatic rings. The molecule has 1 unspecified atom stereocenters. The van der Waals surface area contributed by atoms with Gasteiger partial charge in [-0.3, -0.25) is 9.69 Å². The molecule has 1 fully saturated rings. The minimum atomic E-state index is -3.82. The number of methoxy groups -OCH3 is 1. The summed E-state index contributed by atoms with van der Waals surface area (Å²) in [6, 6.07) is 11.9. The molecular formula is C22H24N2O5S2. The number of rotatable bonds is 7. The molecule has 0 saturated carbocycles. The van der Waals surface area contributed by atoms with Crippen LogP contribution in [0.2, 0.25) is 0 Å². The topological polar surface area (TPSA) is 85.8 Å². The molecule has 2 heterocycles. The Balaban J connectivity index is 1.62. The molecule has 1 aromatic heterocycles. The molecule has 9 heteroatoms. The number of carbonyl (C=O) groups is 1. The smallest absolute Gasteiger partial charge is 0.244 e. The average molecular weight is 461 g/mol. The molecule has 0 aliphatic carbocycles. The quantitative estimate of drug-likeness (QED) is 0.536. The molecule has 4 rings (SSSR count). The third-order valence-electron chi connectivity index (χ3n) is 5.21. The van der Waals surface area contributed by atoms with Crippen molar-refractivity contribution < 1.29 is 22.7 Å². The molecule has 0 radical (unpaired) electrons. The molecule has 1 aliphatic heterocycles. The predicted molar refractivity (Wildman–Crippen MR) is 121 cm³/mol. The van der Waals surface area contributed by atoms with Crippen LogP contribution in [0.25, 0.3) is 10.2 Å². The van der Waals surface area contributed by atoms with Crippen LogP contribution in [0.1, 0.15) is 18.4 Å². The lowest BCUT2D eigenvalue weighted by Crippen LogP contribution is -2.40. The van der Waals surface area contributed by atoms with Crippen molar-refractivity contribution >= 4 is 42.4 Å². The molecule has 2 aromatic carbocycles. The Morgan fingerprint density at radius 2 is 2.03 bits per heavy atom. The highest BCUT2D eigenvalue weighted by Crippen LogP contribution is 2.31. The lowest BCUT2D eigenvalue weighted by molar-refractivity contribution is -0.116. The fraction of sp³-hybridized carbons (Fsp3) is 0.364. The highest BCUT2D eigenvalue weighted by atomic mass is 32.2. The molecule has 31 heavy (non-hydrogen) atoms. The number of benzene rings is 2. The summed E-state index contributed by atoms with van der Waals surface area (Å²) in [7, 11) is -2.31. The van der Waals surface area contributed by atoms with Crippen molar-refractivity contribution in [1.82, 2.24) is 4.98 Å². The third kappa shape index (κ3) is 4.89. The number of hydrogen-bond acceptors (Lipinski definition) is 7. The number of aryl methyl sites for hydroxylation is 1. The van der Waals surface area contributed by atoms with Gasteiger partial charge in [-0.2, -0.15) is 0 Å². The van der Waals surface area contributed by atoms with Gasteiger partial charge in [-0.15, -0.1) is 0 Å². The van der Waals surface area contributed by atoms with Crippen LogP contribution in [-0.4, -0.2) is 51.4 Å². The SMILES string of the molecule is COc1ccc(S(=O)(=O)CC(=O)N(CC2CCCO2)c2nc3ccc(C)cc3s2)cc1. The van der Waals surface area contributed by atoms with Gasteiger partial charge in [0.05, 0.1) is 34.9 Å². The fourth-order valence-corrected chi connectivity index (χ4v) is 5.81. The highest BCUT2D eigenvalue weighted by molar-refractivity contribution is 7.92. The third-order valence-corrected chi connectivity index (χ3v) is 7.87. The Bertz CT molecular complexity index is 1180. The second-order valence-corrected chi connectivity index (χ2v) is 10.5. The van der Waals surface area contributed by atoms with Crippen LogP contribution < -0.4 is 9.64 Å². The maximum Gasteiger partial charge on any atom is 0.244 e. The highest BCUT2D eigenvalue weighted by Gasteiger charge is 2.30. The molecule has 0 spiro atoms. The van der Waals surface area contributed by atoms with Gasteiger partial charge in [0.25, 0.3) is 0 Å². The summed E-state index contributed by atoms with van der Waals surface area (Å²) in [5, 5.41) is 0.492. The van der Waals surface area contributed by atoms with E-state index in [0.29, 0.717) is 17.5 Å². The number of anilines is 1. The largest absolute Gasteiger partial charge is 0.497 e. The van der Waals surface area contributed by atoms with Crippen molar-refractivity contribution in [3.8, 4) is 5.75 Å². The van der Waals surface area contributed by atoms with Crippen molar-refractivity contribution in [3.63, 3.8) is 0 Å². The Kier molecular flexibility index (Phi) is 6.27. The number of aromatic nitrogens is 1. The van der Waals surface area contributed by atoms with Crippen LogP contribution in [0.4, 0.5) is 5.13 Å². The zero-order valence-electron chi connectivity index (χ0n) is 17.4. The van der Waals surface area contributed by atoms with E-state index in [-0.39, 0.29) is 17.5 Å². The Morgan fingerprint density at radius 3 is 2.71 bits per heavy atom. The van der Waals surface area contributed by atoms with E-state index in [4.69, 9.17) is 9.47 Å². The number of sulfone groups is 1. The Hall–Kier alpha value is -2.49. The summed E-state index contributed by atoms with van der Waals surface area (Å²) in [6.07, 6.45) is 1.64. The number of carbonyl (C=O) groups excluding carboxylic acids is 1. The zero-order chi connectivity index (χ0) is 22.0. The molecule has 1 saturated heterocycles. The molecule has 1 amide bonds. The van der Waals surface area contributed by atoms with E-state index in [1.165, 1.54) is 35.5 Å². The second-order valence-electron chi connectivity index (χ2n) is 7.54. The van der Waals surface area contributed by atoms with Crippen LogP contribution >= 0.6 is 11.3 Å². The number of hydrogen-bond donors (Lipinski definition) is 0. The van der Waals surface area contributed by atoms with Gasteiger partial charge >= 0.3 is 0 Å². The van der Waals surface area contributed by atoms with Gasteiger partial charge in [0.1, 0.15) is 11.5 Å². The van der Waals surface area contributed by atoms with Crippen molar-refractivity contribution in [1.29, 1.82) is 0 Å². The van der Waals surface area contributed by atoms with Gasteiger partial charge < -0.3 is 9.47 Å². The first kappa shape index (κ1) is 21.7. The van der Waals surface area contributed by atoms with Crippen molar-refractivity contribution in [2.24, 2.45) is 0 Å². The first-order valence-corrected chi connectivity index (χ1v) is 12.5.